The van der Waals surface area contributed by atoms with Crippen LogP contribution in [0.4, 0.5) is 11.6 Å². The smallest absolute Gasteiger partial charge is 0.328 e. The Labute approximate surface area is 114 Å². The maximum atomic E-state index is 11.5. The monoisotopic (exact) mass is 275 g/mol. The number of nitrogens with one attached hydrogen (secondary N) is 1. The summed E-state index contributed by atoms with van der Waals surface area (Å²) in [6.45, 7) is -0.513. The minimum Gasteiger partial charge on any atom is -0.454 e. The van der Waals surface area contributed by atoms with Gasteiger partial charge >= 0.3 is 5.97 Å². The van der Waals surface area contributed by atoms with E-state index in [0.29, 0.717) is 5.69 Å². The summed E-state index contributed by atoms with van der Waals surface area (Å²) >= 11 is 0. The minimum atomic E-state index is -0.599. The highest BCUT2D eigenvalue weighted by molar-refractivity contribution is 5.92. The van der Waals surface area contributed by atoms with E-state index >= 15 is 0 Å². The van der Waals surface area contributed by atoms with Crippen LogP contribution in [-0.2, 0) is 20.9 Å². The van der Waals surface area contributed by atoms with Gasteiger partial charge in [0, 0.05) is 5.69 Å². The van der Waals surface area contributed by atoms with Gasteiger partial charge in [0.2, 0.25) is 5.95 Å². The molecule has 0 aliphatic heterocycles. The van der Waals surface area contributed by atoms with Gasteiger partial charge < -0.3 is 15.8 Å². The lowest BCUT2D eigenvalue weighted by molar-refractivity contribution is -0.148. The van der Waals surface area contributed by atoms with E-state index in [2.05, 4.69) is 15.4 Å². The first-order valence-corrected chi connectivity index (χ1v) is 5.79. The fourth-order valence-corrected chi connectivity index (χ4v) is 1.43. The highest BCUT2D eigenvalue weighted by Gasteiger charge is 2.09. The zero-order chi connectivity index (χ0) is 14.4. The molecule has 2 aromatic rings. The lowest BCUT2D eigenvalue weighted by atomic mass is 10.3. The average Bonchev–Trinajstić information content (AvgIpc) is 2.83. The minimum absolute atomic E-state index is 0.0691. The molecule has 8 nitrogen and oxygen atoms in total. The number of anilines is 2. The fraction of sp³-hybridized carbons (Fsp3) is 0.167. The molecule has 0 fully saturated rings. The van der Waals surface area contributed by atoms with Crippen molar-refractivity contribution in [3.8, 4) is 0 Å². The first kappa shape index (κ1) is 13.5. The number of rotatable bonds is 5. The topological polar surface area (TPSA) is 112 Å². The molecule has 2 rings (SSSR count). The molecule has 0 saturated heterocycles. The molecule has 20 heavy (non-hydrogen) atoms. The fourth-order valence-electron chi connectivity index (χ4n) is 1.43. The average molecular weight is 275 g/mol. The Morgan fingerprint density at radius 2 is 2.05 bits per heavy atom. The molecule has 3 N–H and O–H groups in total. The van der Waals surface area contributed by atoms with E-state index in [1.165, 1.54) is 11.0 Å². The molecule has 0 aliphatic carbocycles. The summed E-state index contributed by atoms with van der Waals surface area (Å²) in [5, 5.41) is 6.32. The standard InChI is InChI=1S/C12H13N5O3/c13-12-14-8-17(16-12)6-11(19)20-7-10(18)15-9-4-2-1-3-5-9/h1-5,8H,6-7H2,(H2,13,16)(H,15,18). The molecule has 0 spiro atoms. The van der Waals surface area contributed by atoms with Crippen LogP contribution >= 0.6 is 0 Å². The molecule has 1 aromatic carbocycles. The van der Waals surface area contributed by atoms with Crippen molar-refractivity contribution in [1.29, 1.82) is 0 Å². The molecule has 0 atom stereocenters. The number of nitrogens with two attached hydrogens (primary N) is 1. The predicted molar refractivity (Wildman–Crippen MR) is 70.5 cm³/mol. The van der Waals surface area contributed by atoms with Crippen LogP contribution in [0.3, 0.4) is 0 Å². The second-order valence-corrected chi connectivity index (χ2v) is 3.88. The number of ether oxygens (including phenoxy) is 1. The van der Waals surface area contributed by atoms with Crippen LogP contribution in [0.5, 0.6) is 0 Å². The van der Waals surface area contributed by atoms with E-state index in [9.17, 15) is 9.59 Å². The summed E-state index contributed by atoms with van der Waals surface area (Å²) in [7, 11) is 0. The van der Waals surface area contributed by atoms with E-state index in [1.807, 2.05) is 6.07 Å². The maximum Gasteiger partial charge on any atom is 0.328 e. The van der Waals surface area contributed by atoms with Crippen LogP contribution in [0.15, 0.2) is 36.7 Å². The Balaban J connectivity index is 1.74. The number of carbonyl (C=O) groups excluding carboxylic acids is 2. The van der Waals surface area contributed by atoms with E-state index in [1.54, 1.807) is 24.3 Å². The van der Waals surface area contributed by atoms with Gasteiger partial charge in [-0.1, -0.05) is 18.2 Å². The quantitative estimate of drug-likeness (QED) is 0.745. The number of benzene rings is 1. The van der Waals surface area contributed by atoms with Crippen LogP contribution in [0.1, 0.15) is 0 Å². The van der Waals surface area contributed by atoms with Crippen LogP contribution in [-0.4, -0.2) is 33.2 Å². The summed E-state index contributed by atoms with van der Waals surface area (Å²) in [5.74, 6) is -0.944. The van der Waals surface area contributed by atoms with Gasteiger partial charge in [-0.15, -0.1) is 5.10 Å². The highest BCUT2D eigenvalue weighted by Crippen LogP contribution is 2.04. The number of nitrogen functional groups attached to an aromatic ring is 1. The number of para-hydroxylation sites is 1. The second-order valence-electron chi connectivity index (χ2n) is 3.88. The summed E-state index contributed by atoms with van der Waals surface area (Å²) in [4.78, 5) is 26.6. The molecule has 1 aromatic heterocycles. The lowest BCUT2D eigenvalue weighted by Crippen LogP contribution is -2.23. The number of esters is 1. The van der Waals surface area contributed by atoms with Crippen molar-refractivity contribution in [2.75, 3.05) is 17.7 Å². The Kier molecular flexibility index (Phi) is 4.28. The molecule has 0 bridgehead atoms. The van der Waals surface area contributed by atoms with Gasteiger partial charge in [-0.3, -0.25) is 9.59 Å². The van der Waals surface area contributed by atoms with Gasteiger partial charge in [0.05, 0.1) is 0 Å². The Morgan fingerprint density at radius 1 is 1.30 bits per heavy atom. The highest BCUT2D eigenvalue weighted by atomic mass is 16.5. The number of amides is 1. The van der Waals surface area contributed by atoms with Crippen molar-refractivity contribution in [3.63, 3.8) is 0 Å². The van der Waals surface area contributed by atoms with Crippen LogP contribution in [0.25, 0.3) is 0 Å². The Bertz CT molecular complexity index is 596. The molecular formula is C12H13N5O3. The van der Waals surface area contributed by atoms with Crippen molar-refractivity contribution in [2.45, 2.75) is 6.54 Å². The van der Waals surface area contributed by atoms with Gasteiger partial charge in [-0.2, -0.15) is 0 Å². The number of hydrogen-bond donors (Lipinski definition) is 2. The number of aromatic nitrogens is 3. The van der Waals surface area contributed by atoms with E-state index in [0.717, 1.165) is 0 Å². The normalized spacial score (nSPS) is 10.0. The van der Waals surface area contributed by atoms with Crippen molar-refractivity contribution < 1.29 is 14.3 Å². The molecule has 104 valence electrons. The molecule has 0 unspecified atom stereocenters. The third-order valence-electron chi connectivity index (χ3n) is 2.27. The summed E-state index contributed by atoms with van der Waals surface area (Å²) in [6, 6.07) is 8.88. The second kappa shape index (κ2) is 6.32. The zero-order valence-corrected chi connectivity index (χ0v) is 10.5. The van der Waals surface area contributed by atoms with Crippen LogP contribution in [0.2, 0.25) is 0 Å². The van der Waals surface area contributed by atoms with Crippen LogP contribution in [0, 0.1) is 0 Å². The van der Waals surface area contributed by atoms with Gasteiger partial charge in [0.1, 0.15) is 12.9 Å². The molecule has 0 saturated carbocycles. The maximum absolute atomic E-state index is 11.5. The molecule has 0 aliphatic rings. The zero-order valence-electron chi connectivity index (χ0n) is 10.5. The molecule has 1 amide bonds. The van der Waals surface area contributed by atoms with Gasteiger partial charge in [0.25, 0.3) is 5.91 Å². The number of nitrogens with zero attached hydrogens (tertiary/aromatic N) is 3. The summed E-state index contributed by atoms with van der Waals surface area (Å²) in [6.07, 6.45) is 1.31. The molecular weight excluding hydrogens is 262 g/mol. The van der Waals surface area contributed by atoms with Crippen molar-refractivity contribution in [3.05, 3.63) is 36.7 Å². The van der Waals surface area contributed by atoms with Gasteiger partial charge in [0.15, 0.2) is 6.61 Å². The van der Waals surface area contributed by atoms with Gasteiger partial charge in [-0.05, 0) is 12.1 Å². The van der Waals surface area contributed by atoms with Crippen molar-refractivity contribution >= 4 is 23.5 Å². The molecule has 0 radical (unpaired) electrons. The van der Waals surface area contributed by atoms with Crippen molar-refractivity contribution in [1.82, 2.24) is 14.8 Å². The SMILES string of the molecule is Nc1ncn(CC(=O)OCC(=O)Nc2ccccc2)n1. The Morgan fingerprint density at radius 3 is 2.70 bits per heavy atom. The Hall–Kier alpha value is -2.90. The predicted octanol–water partition coefficient (Wildman–Crippen LogP) is 0.0422. The third-order valence-corrected chi connectivity index (χ3v) is 2.27. The van der Waals surface area contributed by atoms with E-state index in [4.69, 9.17) is 10.5 Å². The number of hydrogen-bond acceptors (Lipinski definition) is 6. The molecule has 8 heteroatoms. The van der Waals surface area contributed by atoms with Gasteiger partial charge in [-0.25, -0.2) is 9.67 Å². The molecule has 1 heterocycles. The largest absolute Gasteiger partial charge is 0.454 e. The van der Waals surface area contributed by atoms with E-state index < -0.39 is 11.9 Å². The summed E-state index contributed by atoms with van der Waals surface area (Å²) in [5.41, 5.74) is 5.94. The first-order chi connectivity index (χ1) is 9.63. The summed E-state index contributed by atoms with van der Waals surface area (Å²) < 4.78 is 6.04. The van der Waals surface area contributed by atoms with Crippen LogP contribution < -0.4 is 11.1 Å². The first-order valence-electron chi connectivity index (χ1n) is 5.79. The van der Waals surface area contributed by atoms with E-state index in [-0.39, 0.29) is 19.1 Å². The third kappa shape index (κ3) is 4.09. The number of carbonyl (C=O) groups is 2. The van der Waals surface area contributed by atoms with Crippen molar-refractivity contribution in [2.24, 2.45) is 0 Å². The lowest BCUT2D eigenvalue weighted by Gasteiger charge is -2.06.